The Labute approximate surface area is 114 Å². The molecule has 0 saturated carbocycles. The number of rotatable bonds is 2. The van der Waals surface area contributed by atoms with Gasteiger partial charge in [0.25, 0.3) is 0 Å². The molecule has 2 aromatic carbocycles. The smallest absolute Gasteiger partial charge is 0.129 e. The summed E-state index contributed by atoms with van der Waals surface area (Å²) in [5, 5.41) is 10.3. The van der Waals surface area contributed by atoms with Gasteiger partial charge in [0.05, 0.1) is 0 Å². The molecule has 1 unspecified atom stereocenters. The van der Waals surface area contributed by atoms with Crippen LogP contribution >= 0.6 is 15.9 Å². The standard InChI is InChI=1S/C15H14BrFO/c1-9-4-6-14(17)12(7-9)15(18)11-5-3-10(2)8-13(11)16/h3-8,15,18H,1-2H3. The molecule has 1 nitrogen and oxygen atoms in total. The van der Waals surface area contributed by atoms with Crippen molar-refractivity contribution in [2.75, 3.05) is 0 Å². The second kappa shape index (κ2) is 5.21. The number of aliphatic hydroxyl groups excluding tert-OH is 1. The van der Waals surface area contributed by atoms with Gasteiger partial charge in [-0.05, 0) is 37.1 Å². The number of halogens is 2. The lowest BCUT2D eigenvalue weighted by molar-refractivity contribution is 0.214. The van der Waals surface area contributed by atoms with Crippen molar-refractivity contribution in [3.8, 4) is 0 Å². The zero-order valence-electron chi connectivity index (χ0n) is 10.2. The molecule has 2 rings (SSSR count). The molecule has 0 amide bonds. The highest BCUT2D eigenvalue weighted by Crippen LogP contribution is 2.31. The second-order valence-corrected chi connectivity index (χ2v) is 5.31. The Morgan fingerprint density at radius 2 is 1.61 bits per heavy atom. The van der Waals surface area contributed by atoms with E-state index in [0.29, 0.717) is 11.1 Å². The third-order valence-electron chi connectivity index (χ3n) is 2.90. The molecule has 0 radical (unpaired) electrons. The summed E-state index contributed by atoms with van der Waals surface area (Å²) >= 11 is 3.41. The van der Waals surface area contributed by atoms with E-state index in [1.165, 1.54) is 6.07 Å². The van der Waals surface area contributed by atoms with Crippen LogP contribution in [0.5, 0.6) is 0 Å². The summed E-state index contributed by atoms with van der Waals surface area (Å²) in [7, 11) is 0. The lowest BCUT2D eigenvalue weighted by Crippen LogP contribution is -2.04. The van der Waals surface area contributed by atoms with Gasteiger partial charge in [-0.3, -0.25) is 0 Å². The summed E-state index contributed by atoms with van der Waals surface area (Å²) in [4.78, 5) is 0. The van der Waals surface area contributed by atoms with E-state index in [9.17, 15) is 9.50 Å². The van der Waals surface area contributed by atoms with E-state index in [4.69, 9.17) is 0 Å². The first-order valence-electron chi connectivity index (χ1n) is 5.69. The van der Waals surface area contributed by atoms with Gasteiger partial charge in [-0.25, -0.2) is 4.39 Å². The van der Waals surface area contributed by atoms with Crippen molar-refractivity contribution >= 4 is 15.9 Å². The summed E-state index contributed by atoms with van der Waals surface area (Å²) in [6, 6.07) is 10.4. The average molecular weight is 309 g/mol. The lowest BCUT2D eigenvalue weighted by atomic mass is 9.98. The Hall–Kier alpha value is -1.19. The van der Waals surface area contributed by atoms with Gasteiger partial charge in [0.2, 0.25) is 0 Å². The maximum absolute atomic E-state index is 13.7. The molecule has 3 heteroatoms. The van der Waals surface area contributed by atoms with Crippen LogP contribution in [0.15, 0.2) is 40.9 Å². The van der Waals surface area contributed by atoms with E-state index in [0.717, 1.165) is 15.6 Å². The first-order chi connectivity index (χ1) is 8.49. The van der Waals surface area contributed by atoms with Gasteiger partial charge in [-0.1, -0.05) is 45.8 Å². The molecule has 2 aromatic rings. The Balaban J connectivity index is 2.47. The molecule has 94 valence electrons. The van der Waals surface area contributed by atoms with Crippen LogP contribution in [0, 0.1) is 19.7 Å². The fraction of sp³-hybridized carbons (Fsp3) is 0.200. The zero-order chi connectivity index (χ0) is 13.3. The third kappa shape index (κ3) is 2.62. The van der Waals surface area contributed by atoms with Crippen LogP contribution in [-0.2, 0) is 0 Å². The molecular weight excluding hydrogens is 295 g/mol. The summed E-state index contributed by atoms with van der Waals surface area (Å²) in [5.41, 5.74) is 2.99. The van der Waals surface area contributed by atoms with E-state index < -0.39 is 6.10 Å². The van der Waals surface area contributed by atoms with Crippen molar-refractivity contribution < 1.29 is 9.50 Å². The van der Waals surface area contributed by atoms with Crippen molar-refractivity contribution in [3.63, 3.8) is 0 Å². The predicted molar refractivity (Wildman–Crippen MR) is 74.1 cm³/mol. The minimum atomic E-state index is -0.958. The summed E-state index contributed by atoms with van der Waals surface area (Å²) in [6.45, 7) is 3.84. The highest BCUT2D eigenvalue weighted by atomic mass is 79.9. The van der Waals surface area contributed by atoms with Gasteiger partial charge in [0, 0.05) is 10.0 Å². The van der Waals surface area contributed by atoms with Crippen molar-refractivity contribution in [1.29, 1.82) is 0 Å². The third-order valence-corrected chi connectivity index (χ3v) is 3.58. The van der Waals surface area contributed by atoms with E-state index in [1.54, 1.807) is 12.1 Å². The van der Waals surface area contributed by atoms with Crippen molar-refractivity contribution in [1.82, 2.24) is 0 Å². The maximum atomic E-state index is 13.7. The number of aryl methyl sites for hydroxylation is 2. The van der Waals surface area contributed by atoms with E-state index in [2.05, 4.69) is 15.9 Å². The van der Waals surface area contributed by atoms with Gasteiger partial charge >= 0.3 is 0 Å². The summed E-state index contributed by atoms with van der Waals surface area (Å²) < 4.78 is 14.5. The minimum absolute atomic E-state index is 0.305. The van der Waals surface area contributed by atoms with E-state index >= 15 is 0 Å². The summed E-state index contributed by atoms with van der Waals surface area (Å²) in [6.07, 6.45) is -0.958. The first-order valence-corrected chi connectivity index (χ1v) is 6.48. The topological polar surface area (TPSA) is 20.2 Å². The quantitative estimate of drug-likeness (QED) is 0.877. The van der Waals surface area contributed by atoms with Gasteiger partial charge in [-0.2, -0.15) is 0 Å². The zero-order valence-corrected chi connectivity index (χ0v) is 11.8. The van der Waals surface area contributed by atoms with Crippen LogP contribution in [-0.4, -0.2) is 5.11 Å². The molecule has 0 aliphatic carbocycles. The van der Waals surface area contributed by atoms with E-state index in [1.807, 2.05) is 32.0 Å². The SMILES string of the molecule is Cc1ccc(C(O)c2cc(C)ccc2F)c(Br)c1. The molecule has 1 N–H and O–H groups in total. The number of aliphatic hydroxyl groups is 1. The van der Waals surface area contributed by atoms with Gasteiger partial charge in [-0.15, -0.1) is 0 Å². The lowest BCUT2D eigenvalue weighted by Gasteiger charge is -2.15. The van der Waals surface area contributed by atoms with Crippen LogP contribution in [0.4, 0.5) is 4.39 Å². The van der Waals surface area contributed by atoms with Crippen LogP contribution in [0.2, 0.25) is 0 Å². The second-order valence-electron chi connectivity index (χ2n) is 4.45. The van der Waals surface area contributed by atoms with Gasteiger partial charge in [0.15, 0.2) is 0 Å². The number of benzene rings is 2. The molecule has 0 aliphatic heterocycles. The van der Waals surface area contributed by atoms with Gasteiger partial charge in [0.1, 0.15) is 11.9 Å². The van der Waals surface area contributed by atoms with Crippen molar-refractivity contribution in [2.24, 2.45) is 0 Å². The Morgan fingerprint density at radius 3 is 2.28 bits per heavy atom. The molecule has 0 saturated heterocycles. The highest BCUT2D eigenvalue weighted by molar-refractivity contribution is 9.10. The molecule has 0 fully saturated rings. The van der Waals surface area contributed by atoms with Crippen LogP contribution in [0.3, 0.4) is 0 Å². The van der Waals surface area contributed by atoms with E-state index in [-0.39, 0.29) is 5.82 Å². The number of hydrogen-bond donors (Lipinski definition) is 1. The molecule has 0 heterocycles. The van der Waals surface area contributed by atoms with Crippen LogP contribution < -0.4 is 0 Å². The molecule has 18 heavy (non-hydrogen) atoms. The Bertz CT molecular complexity index is 581. The van der Waals surface area contributed by atoms with Crippen molar-refractivity contribution in [2.45, 2.75) is 20.0 Å². The molecule has 1 atom stereocenters. The van der Waals surface area contributed by atoms with Crippen LogP contribution in [0.1, 0.15) is 28.4 Å². The van der Waals surface area contributed by atoms with Gasteiger partial charge < -0.3 is 5.11 Å². The molecule has 0 spiro atoms. The Morgan fingerprint density at radius 1 is 1.00 bits per heavy atom. The fourth-order valence-electron chi connectivity index (χ4n) is 1.89. The minimum Gasteiger partial charge on any atom is -0.384 e. The molecule has 0 bridgehead atoms. The number of hydrogen-bond acceptors (Lipinski definition) is 1. The monoisotopic (exact) mass is 308 g/mol. The summed E-state index contributed by atoms with van der Waals surface area (Å²) in [5.74, 6) is -0.388. The molecule has 0 aromatic heterocycles. The highest BCUT2D eigenvalue weighted by Gasteiger charge is 2.17. The predicted octanol–water partition coefficient (Wildman–Crippen LogP) is 4.29. The maximum Gasteiger partial charge on any atom is 0.129 e. The normalized spacial score (nSPS) is 12.5. The molecular formula is C15H14BrFO. The molecule has 0 aliphatic rings. The first kappa shape index (κ1) is 13.2. The van der Waals surface area contributed by atoms with Crippen molar-refractivity contribution in [3.05, 3.63) is 68.9 Å². The van der Waals surface area contributed by atoms with Crippen LogP contribution in [0.25, 0.3) is 0 Å². The largest absolute Gasteiger partial charge is 0.384 e. The fourth-order valence-corrected chi connectivity index (χ4v) is 2.60. The average Bonchev–Trinajstić information content (AvgIpc) is 2.31. The Kier molecular flexibility index (Phi) is 3.83.